The minimum absolute atomic E-state index is 0.622. The molecule has 298 valence electrons. The lowest BCUT2D eigenvalue weighted by Gasteiger charge is -2.40. The van der Waals surface area contributed by atoms with Crippen LogP contribution in [0.5, 0.6) is 0 Å². The van der Waals surface area contributed by atoms with Crippen molar-refractivity contribution in [3.05, 3.63) is 218 Å². The molecule has 0 aliphatic carbocycles. The molecule has 0 fully saturated rings. The summed E-state index contributed by atoms with van der Waals surface area (Å²) in [6.45, 7) is 0. The number of hydrogen-bond acceptors (Lipinski definition) is 3. The molecule has 7 heteroatoms. The molecule has 1 aliphatic rings. The van der Waals surface area contributed by atoms with Crippen LogP contribution in [0.15, 0.2) is 218 Å². The van der Waals surface area contributed by atoms with Gasteiger partial charge in [-0.25, -0.2) is 0 Å². The molecule has 0 unspecified atom stereocenters. The SMILES string of the molecule is [2H]c1c([2H])c([2H])c([Si]2(c3c([2H])c([2H])c([2H])c([2H])c3[2H])c3c([2H])c([2H])c([2H])c([2H])c3-n3c4c([2H])c([2H])c([2H])c([2H])c4c4c([2H])c(-c5nc(-n6c7c([2H])c([2H])c([2H])c([2H])c7c7c([2H])c([2H])c([2H])c([2H])c76)nc(-n6c7c([2H])c([2H])c([2H])c([2H])c7c7c([2H])c([2H])c([2H])c([2H])c76)n5)c([2H])c2c43)c([2H])c1[2H]. The molecular weight excluding hydrogens is 797 g/mol. The molecule has 0 bridgehead atoms. The van der Waals surface area contributed by atoms with Gasteiger partial charge in [0.05, 0.1) is 82.4 Å². The van der Waals surface area contributed by atoms with Crippen molar-refractivity contribution in [1.29, 1.82) is 0 Å². The van der Waals surface area contributed by atoms with Crippen LogP contribution in [-0.2, 0) is 0 Å². The lowest BCUT2D eigenvalue weighted by atomic mass is 10.1. The van der Waals surface area contributed by atoms with E-state index in [2.05, 4.69) is 4.98 Å². The smallest absolute Gasteiger partial charge is 0.240 e. The lowest BCUT2D eigenvalue weighted by molar-refractivity contribution is 0.893. The fraction of sp³-hybridized carbons (Fsp3) is 0. The van der Waals surface area contributed by atoms with E-state index in [4.69, 9.17) is 26.4 Å². The van der Waals surface area contributed by atoms with Crippen molar-refractivity contribution in [2.24, 2.45) is 0 Å². The molecule has 5 heterocycles. The Morgan fingerprint density at radius 2 is 0.734 bits per heavy atom. The van der Waals surface area contributed by atoms with Gasteiger partial charge < -0.3 is 4.57 Å². The summed E-state index contributed by atoms with van der Waals surface area (Å²) in [5, 5.41) is -8.17. The number of fused-ring (bicyclic) bond motifs is 11. The molecule has 0 spiro atoms. The monoisotopic (exact) mass is 869 g/mol. The highest BCUT2D eigenvalue weighted by Gasteiger charge is 2.48. The highest BCUT2D eigenvalue weighted by molar-refractivity contribution is 7.21. The number of rotatable bonds is 5. The van der Waals surface area contributed by atoms with Gasteiger partial charge in [0.2, 0.25) is 11.9 Å². The molecule has 0 radical (unpaired) electrons. The van der Waals surface area contributed by atoms with Crippen molar-refractivity contribution in [2.75, 3.05) is 0 Å². The Bertz CT molecular complexity index is 5730. The summed E-state index contributed by atoms with van der Waals surface area (Å²) >= 11 is 0. The Balaban J connectivity index is 1.36. The maximum atomic E-state index is 11.1. The van der Waals surface area contributed by atoms with E-state index in [-0.39, 0.29) is 0 Å². The molecule has 6 nitrogen and oxygen atoms in total. The van der Waals surface area contributed by atoms with Gasteiger partial charge in [-0.1, -0.05) is 169 Å². The molecular formula is C57H36N6Si. The van der Waals surface area contributed by atoms with Gasteiger partial charge in [-0.2, -0.15) is 15.0 Å². The van der Waals surface area contributed by atoms with Crippen LogP contribution in [-0.4, -0.2) is 36.7 Å². The number of aromatic nitrogens is 6. The predicted molar refractivity (Wildman–Crippen MR) is 265 cm³/mol. The first kappa shape index (κ1) is 15.2. The van der Waals surface area contributed by atoms with Gasteiger partial charge in [0, 0.05) is 43.6 Å². The van der Waals surface area contributed by atoms with Crippen molar-refractivity contribution in [1.82, 2.24) is 28.7 Å². The van der Waals surface area contributed by atoms with Crippen LogP contribution in [0.1, 0.15) is 49.3 Å². The predicted octanol–water partition coefficient (Wildman–Crippen LogP) is 10.5. The Hall–Kier alpha value is -8.39. The van der Waals surface area contributed by atoms with Gasteiger partial charge in [0.1, 0.15) is 0 Å². The second kappa shape index (κ2) is 13.3. The van der Waals surface area contributed by atoms with E-state index in [1.807, 2.05) is 0 Å². The molecule has 64 heavy (non-hydrogen) atoms. The van der Waals surface area contributed by atoms with E-state index >= 15 is 0 Å². The fourth-order valence-electron chi connectivity index (χ4n) is 8.58. The first-order chi connectivity index (χ1) is 46.7. The number of para-hydroxylation sites is 6. The number of nitrogens with zero attached hydrogens (tertiary/aromatic N) is 6. The zero-order valence-electron chi connectivity index (χ0n) is 67.7. The Morgan fingerprint density at radius 3 is 1.22 bits per heavy atom. The van der Waals surface area contributed by atoms with Crippen LogP contribution < -0.4 is 20.7 Å². The van der Waals surface area contributed by atoms with E-state index in [9.17, 15) is 32.9 Å². The van der Waals surface area contributed by atoms with Crippen LogP contribution in [0.25, 0.3) is 94.4 Å². The largest absolute Gasteiger partial charge is 0.309 e. The molecule has 0 amide bonds. The van der Waals surface area contributed by atoms with Gasteiger partial charge in [-0.05, 0) is 69.1 Å². The minimum atomic E-state index is -6.46. The van der Waals surface area contributed by atoms with Crippen molar-refractivity contribution in [3.8, 4) is 29.0 Å². The molecule has 14 rings (SSSR count). The summed E-state index contributed by atoms with van der Waals surface area (Å²) in [5.41, 5.74) is -6.54. The summed E-state index contributed by atoms with van der Waals surface area (Å²) in [6, 6.07) is -38.9. The van der Waals surface area contributed by atoms with Crippen LogP contribution in [0, 0.1) is 0 Å². The molecule has 1 aliphatic heterocycles. The normalized spacial score (nSPS) is 21.0. The van der Waals surface area contributed by atoms with Crippen molar-refractivity contribution in [3.63, 3.8) is 0 Å². The van der Waals surface area contributed by atoms with E-state index in [0.717, 1.165) is 4.57 Å². The summed E-state index contributed by atoms with van der Waals surface area (Å²) in [4.78, 5) is 14.1. The zero-order valence-corrected chi connectivity index (χ0v) is 32.7. The van der Waals surface area contributed by atoms with Crippen LogP contribution in [0.4, 0.5) is 0 Å². The first-order valence-electron chi connectivity index (χ1n) is 36.9. The summed E-state index contributed by atoms with van der Waals surface area (Å²) in [5.74, 6) is -3.38. The Kier molecular flexibility index (Phi) is 3.15. The second-order valence-electron chi connectivity index (χ2n) is 14.1. The van der Waals surface area contributed by atoms with Crippen molar-refractivity contribution >= 4 is 94.2 Å². The van der Waals surface area contributed by atoms with E-state index in [1.165, 1.54) is 0 Å². The second-order valence-corrected chi connectivity index (χ2v) is 17.6. The highest BCUT2D eigenvalue weighted by Crippen LogP contribution is 2.39. The molecule has 13 aromatic rings. The highest BCUT2D eigenvalue weighted by atomic mass is 28.3. The third kappa shape index (κ3) is 4.70. The topological polar surface area (TPSA) is 53.5 Å². The Morgan fingerprint density at radius 1 is 0.344 bits per heavy atom. The molecule has 0 atom stereocenters. The average molecular weight is 869 g/mol. The number of hydrogen-bond donors (Lipinski definition) is 0. The van der Waals surface area contributed by atoms with Crippen LogP contribution in [0.3, 0.4) is 0 Å². The maximum Gasteiger partial charge on any atom is 0.240 e. The van der Waals surface area contributed by atoms with E-state index in [1.54, 1.807) is 0 Å². The first-order valence-corrected chi connectivity index (χ1v) is 20.9. The molecule has 0 saturated heterocycles. The van der Waals surface area contributed by atoms with Gasteiger partial charge in [-0.3, -0.25) is 9.13 Å². The lowest BCUT2D eigenvalue weighted by Crippen LogP contribution is -2.76. The fourth-order valence-corrected chi connectivity index (χ4v) is 12.8. The number of benzene rings is 9. The Labute approximate surface area is 419 Å². The van der Waals surface area contributed by atoms with Gasteiger partial charge in [0.25, 0.3) is 0 Å². The van der Waals surface area contributed by atoms with Crippen LogP contribution in [0.2, 0.25) is 0 Å². The third-order valence-corrected chi connectivity index (χ3v) is 15.3. The summed E-state index contributed by atoms with van der Waals surface area (Å²) < 4.78 is 340. The maximum absolute atomic E-state index is 11.1. The molecule has 0 N–H and O–H groups in total. The van der Waals surface area contributed by atoms with Crippen molar-refractivity contribution in [2.45, 2.75) is 0 Å². The summed E-state index contributed by atoms with van der Waals surface area (Å²) in [6.07, 6.45) is 0. The molecule has 4 aromatic heterocycles. The quantitative estimate of drug-likeness (QED) is 0.162. The third-order valence-electron chi connectivity index (χ3n) is 11.0. The summed E-state index contributed by atoms with van der Waals surface area (Å²) in [7, 11) is -6.46. The standard InChI is InChI=1S/C57H36N6Si/c1-3-19-38(20-4-1)64(39-21-5-2-6-22-39)52-34-18-17-33-51(52)61-46-28-12-11-27-44(46)45-35-37(36-53(64)54(45)61)55-58-56(62-47-29-13-7-23-40(47)41-24-8-14-30-48(41)62)60-57(59-55)63-49-31-15-9-25-42(49)43-26-10-16-32-50(43)63/h1-36H/i1D,2D,3D,4D,5D,6D,7D,8D,9D,10D,11D,12D,13D,14D,15D,16D,17D,18D,19D,20D,21D,22D,23D,24D,25D,26D,27D,28D,29D,30D,31D,32D,33D,34D,35D,36D. The van der Waals surface area contributed by atoms with Gasteiger partial charge in [-0.15, -0.1) is 0 Å². The zero-order chi connectivity index (χ0) is 73.3. The van der Waals surface area contributed by atoms with Crippen molar-refractivity contribution < 1.29 is 49.3 Å². The average Bonchev–Trinajstić information content (AvgIpc) is 1.26. The van der Waals surface area contributed by atoms with Gasteiger partial charge in [0.15, 0.2) is 13.9 Å². The van der Waals surface area contributed by atoms with Gasteiger partial charge >= 0.3 is 0 Å². The minimum Gasteiger partial charge on any atom is -0.309 e. The van der Waals surface area contributed by atoms with E-state index < -0.39 is 341 Å². The van der Waals surface area contributed by atoms with E-state index in [0.29, 0.717) is 9.13 Å². The van der Waals surface area contributed by atoms with Crippen LogP contribution >= 0.6 is 0 Å². The molecule has 9 aromatic carbocycles. The molecule has 0 saturated carbocycles.